The zero-order valence-electron chi connectivity index (χ0n) is 17.6. The van der Waals surface area contributed by atoms with Gasteiger partial charge in [0, 0.05) is 31.8 Å². The molecule has 2 aromatic heterocycles. The number of nitrogens with zero attached hydrogens (tertiary/aromatic N) is 2. The van der Waals surface area contributed by atoms with E-state index in [9.17, 15) is 23.9 Å². The molecule has 0 saturated carbocycles. The van der Waals surface area contributed by atoms with E-state index in [0.717, 1.165) is 5.56 Å². The van der Waals surface area contributed by atoms with Crippen molar-refractivity contribution in [3.63, 3.8) is 0 Å². The monoisotopic (exact) mass is 456 g/mol. The molecule has 11 heteroatoms. The molecule has 33 heavy (non-hydrogen) atoms. The van der Waals surface area contributed by atoms with Gasteiger partial charge in [-0.15, -0.1) is 0 Å². The third-order valence-corrected chi connectivity index (χ3v) is 5.35. The number of hydrogen-bond donors (Lipinski definition) is 4. The number of benzene rings is 1. The van der Waals surface area contributed by atoms with Crippen LogP contribution in [0.15, 0.2) is 35.3 Å². The number of aliphatic hydroxyl groups is 1. The Morgan fingerprint density at radius 3 is 2.70 bits per heavy atom. The quantitative estimate of drug-likeness (QED) is 0.411. The number of aromatic hydroxyl groups is 1. The third-order valence-electron chi connectivity index (χ3n) is 5.35. The van der Waals surface area contributed by atoms with Gasteiger partial charge in [-0.05, 0) is 17.7 Å². The predicted octanol–water partition coefficient (Wildman–Crippen LogP) is 0.0611. The lowest BCUT2D eigenvalue weighted by Gasteiger charge is -2.28. The van der Waals surface area contributed by atoms with Gasteiger partial charge in [-0.2, -0.15) is 0 Å². The van der Waals surface area contributed by atoms with Crippen molar-refractivity contribution in [3.05, 3.63) is 63.3 Å². The summed E-state index contributed by atoms with van der Waals surface area (Å²) in [5.74, 6) is -2.21. The standard InChI is InChI=1S/C22H21FN4O6/c1-24-20(30)14-10-27-17-16(18(29)15(22(27)32)21(31)25-6-7-28)26-9-12(19(17)33-14)8-11-2-4-13(23)5-3-11/h2-5,9,14,28-29H,6-8,10H2,1H3,(H,24,30)(H,25,31)/t14-/m0/s1. The minimum atomic E-state index is -1.07. The Morgan fingerprint density at radius 2 is 2.03 bits per heavy atom. The molecule has 0 radical (unpaired) electrons. The van der Waals surface area contributed by atoms with Crippen molar-refractivity contribution >= 4 is 22.8 Å². The van der Waals surface area contributed by atoms with Crippen LogP contribution in [0.5, 0.6) is 11.5 Å². The van der Waals surface area contributed by atoms with E-state index in [1.165, 1.54) is 29.9 Å². The second kappa shape index (κ2) is 8.87. The number of carbonyl (C=O) groups is 2. The van der Waals surface area contributed by atoms with Crippen LogP contribution in [-0.4, -0.2) is 57.9 Å². The van der Waals surface area contributed by atoms with E-state index in [4.69, 9.17) is 9.84 Å². The summed E-state index contributed by atoms with van der Waals surface area (Å²) in [7, 11) is 1.43. The van der Waals surface area contributed by atoms with Crippen molar-refractivity contribution in [2.24, 2.45) is 0 Å². The fourth-order valence-corrected chi connectivity index (χ4v) is 3.76. The number of ether oxygens (including phenoxy) is 1. The highest BCUT2D eigenvalue weighted by atomic mass is 19.1. The molecule has 3 aromatic rings. The number of likely N-dealkylation sites (N-methyl/N-ethyl adjacent to an activating group) is 1. The van der Waals surface area contributed by atoms with Gasteiger partial charge in [0.05, 0.1) is 13.2 Å². The molecule has 0 aliphatic carbocycles. The third kappa shape index (κ3) is 3.98. The van der Waals surface area contributed by atoms with E-state index >= 15 is 0 Å². The smallest absolute Gasteiger partial charge is 0.268 e. The first-order chi connectivity index (χ1) is 15.8. The Hall–Kier alpha value is -3.99. The Bertz CT molecular complexity index is 1310. The zero-order chi connectivity index (χ0) is 23.7. The van der Waals surface area contributed by atoms with Crippen LogP contribution in [0.3, 0.4) is 0 Å². The van der Waals surface area contributed by atoms with Crippen molar-refractivity contribution in [1.29, 1.82) is 0 Å². The molecule has 2 amide bonds. The van der Waals surface area contributed by atoms with Gasteiger partial charge in [-0.25, -0.2) is 4.39 Å². The molecule has 0 spiro atoms. The highest BCUT2D eigenvalue weighted by molar-refractivity contribution is 6.02. The van der Waals surface area contributed by atoms with Gasteiger partial charge in [-0.3, -0.25) is 23.9 Å². The molecule has 4 N–H and O–H groups in total. The maximum absolute atomic E-state index is 13.3. The number of aliphatic hydroxyl groups excluding tert-OH is 1. The lowest BCUT2D eigenvalue weighted by molar-refractivity contribution is -0.128. The largest absolute Gasteiger partial charge is 0.505 e. The molecule has 172 valence electrons. The molecule has 1 aliphatic heterocycles. The molecule has 3 heterocycles. The molecule has 0 saturated heterocycles. The van der Waals surface area contributed by atoms with Crippen molar-refractivity contribution in [1.82, 2.24) is 20.2 Å². The maximum Gasteiger partial charge on any atom is 0.268 e. The molecule has 1 atom stereocenters. The second-order valence-electron chi connectivity index (χ2n) is 7.45. The molecule has 1 aromatic carbocycles. The summed E-state index contributed by atoms with van der Waals surface area (Å²) in [6.45, 7) is -0.671. The SMILES string of the molecule is CNC(=O)[C@@H]1Cn2c(=O)c(C(=O)NCCO)c(O)c3ncc(Cc4ccc(F)cc4)c(c32)O1. The van der Waals surface area contributed by atoms with Gasteiger partial charge in [0.25, 0.3) is 17.4 Å². The first-order valence-corrected chi connectivity index (χ1v) is 10.1. The van der Waals surface area contributed by atoms with Gasteiger partial charge in [0.15, 0.2) is 17.6 Å². The van der Waals surface area contributed by atoms with Gasteiger partial charge in [0.1, 0.15) is 22.4 Å². The van der Waals surface area contributed by atoms with Gasteiger partial charge < -0.3 is 25.6 Å². The number of nitrogens with one attached hydrogen (secondary N) is 2. The second-order valence-corrected chi connectivity index (χ2v) is 7.45. The summed E-state index contributed by atoms with van der Waals surface area (Å²) >= 11 is 0. The van der Waals surface area contributed by atoms with Crippen molar-refractivity contribution < 1.29 is 28.9 Å². The van der Waals surface area contributed by atoms with Crippen molar-refractivity contribution in [2.45, 2.75) is 19.1 Å². The summed E-state index contributed by atoms with van der Waals surface area (Å²) in [6.07, 6.45) is 0.597. The number of rotatable bonds is 6. The van der Waals surface area contributed by atoms with E-state index in [-0.39, 0.29) is 42.9 Å². The van der Waals surface area contributed by atoms with Gasteiger partial charge in [-0.1, -0.05) is 12.1 Å². The summed E-state index contributed by atoms with van der Waals surface area (Å²) in [5.41, 5.74) is -0.0221. The Balaban J connectivity index is 1.92. The number of pyridine rings is 2. The minimum Gasteiger partial charge on any atom is -0.505 e. The zero-order valence-corrected chi connectivity index (χ0v) is 17.6. The van der Waals surface area contributed by atoms with Crippen molar-refractivity contribution in [3.8, 4) is 11.5 Å². The van der Waals surface area contributed by atoms with Crippen LogP contribution >= 0.6 is 0 Å². The Kier molecular flexibility index (Phi) is 5.97. The van der Waals surface area contributed by atoms with Crippen LogP contribution in [0.4, 0.5) is 4.39 Å². The fourth-order valence-electron chi connectivity index (χ4n) is 3.76. The van der Waals surface area contributed by atoms with Crippen LogP contribution in [-0.2, 0) is 17.8 Å². The number of aromatic nitrogens is 2. The molecule has 4 rings (SSSR count). The molecule has 1 aliphatic rings. The summed E-state index contributed by atoms with van der Waals surface area (Å²) in [5, 5.41) is 24.5. The van der Waals surface area contributed by atoms with Crippen LogP contribution in [0.2, 0.25) is 0 Å². The molecule has 0 bridgehead atoms. The lowest BCUT2D eigenvalue weighted by Crippen LogP contribution is -2.45. The molecular formula is C22H21FN4O6. The van der Waals surface area contributed by atoms with Crippen LogP contribution in [0, 0.1) is 5.82 Å². The average molecular weight is 456 g/mol. The Labute approximate surface area is 186 Å². The van der Waals surface area contributed by atoms with Crippen molar-refractivity contribution in [2.75, 3.05) is 20.2 Å². The lowest BCUT2D eigenvalue weighted by atomic mass is 10.0. The summed E-state index contributed by atoms with van der Waals surface area (Å²) in [4.78, 5) is 42.3. The first kappa shape index (κ1) is 22.2. The minimum absolute atomic E-state index is 0.0445. The van der Waals surface area contributed by atoms with Gasteiger partial charge >= 0.3 is 0 Å². The van der Waals surface area contributed by atoms with E-state index in [1.807, 2.05) is 0 Å². The summed E-state index contributed by atoms with van der Waals surface area (Å²) in [6, 6.07) is 5.79. The fraction of sp³-hybridized carbons (Fsp3) is 0.273. The number of halogens is 1. The van der Waals surface area contributed by atoms with E-state index in [0.29, 0.717) is 5.56 Å². The highest BCUT2D eigenvalue weighted by Gasteiger charge is 2.34. The number of carbonyl (C=O) groups excluding carboxylic acids is 2. The molecular weight excluding hydrogens is 435 g/mol. The van der Waals surface area contributed by atoms with E-state index in [2.05, 4.69) is 15.6 Å². The molecule has 10 nitrogen and oxygen atoms in total. The van der Waals surface area contributed by atoms with E-state index in [1.54, 1.807) is 12.1 Å². The topological polar surface area (TPSA) is 143 Å². The molecule has 0 unspecified atom stereocenters. The van der Waals surface area contributed by atoms with Crippen LogP contribution in [0.1, 0.15) is 21.5 Å². The maximum atomic E-state index is 13.3. The predicted molar refractivity (Wildman–Crippen MR) is 115 cm³/mol. The highest BCUT2D eigenvalue weighted by Crippen LogP contribution is 2.37. The van der Waals surface area contributed by atoms with Gasteiger partial charge in [0.2, 0.25) is 0 Å². The first-order valence-electron chi connectivity index (χ1n) is 10.1. The summed E-state index contributed by atoms with van der Waals surface area (Å²) < 4.78 is 20.4. The number of hydrogen-bond acceptors (Lipinski definition) is 7. The molecule has 0 fully saturated rings. The average Bonchev–Trinajstić information content (AvgIpc) is 2.82. The van der Waals surface area contributed by atoms with E-state index < -0.39 is 40.6 Å². The Morgan fingerprint density at radius 1 is 1.30 bits per heavy atom. The van der Waals surface area contributed by atoms with Crippen LogP contribution < -0.4 is 20.9 Å². The number of amides is 2. The van der Waals surface area contributed by atoms with Crippen LogP contribution in [0.25, 0.3) is 11.0 Å². The normalized spacial score (nSPS) is 14.6.